The van der Waals surface area contributed by atoms with Gasteiger partial charge in [0.25, 0.3) is 5.91 Å². The number of thioether (sulfide) groups is 1. The fraction of sp³-hybridized carbons (Fsp3) is 0.294. The largest absolute Gasteiger partial charge is 0.466 e. The van der Waals surface area contributed by atoms with Gasteiger partial charge in [0.15, 0.2) is 0 Å². The first kappa shape index (κ1) is 18.6. The molecule has 1 aromatic carbocycles. The molecule has 24 heavy (non-hydrogen) atoms. The molecule has 2 rings (SSSR count). The third kappa shape index (κ3) is 4.64. The molecular formula is C17H19BrN2O3S. The van der Waals surface area contributed by atoms with Crippen LogP contribution < -0.4 is 10.9 Å². The number of amides is 2. The predicted octanol–water partition coefficient (Wildman–Crippen LogP) is 3.83. The molecular weight excluding hydrogens is 392 g/mol. The SMILES string of the molecule is Cc1cc(C(=O)NNC(=O)CSc2cc(C)c(Br)cc2C)c(C)o1. The minimum absolute atomic E-state index is 0.214. The Balaban J connectivity index is 1.87. The average Bonchev–Trinajstić information content (AvgIpc) is 2.85. The van der Waals surface area contributed by atoms with Gasteiger partial charge in [0, 0.05) is 9.37 Å². The standard InChI is InChI=1S/C17H19BrN2O3S/c1-9-6-15(10(2)5-14(9)18)24-8-16(21)19-20-17(22)13-7-11(3)23-12(13)4/h5-7H,8H2,1-4H3,(H,19,21)(H,20,22). The van der Waals surface area contributed by atoms with Crippen molar-refractivity contribution in [2.45, 2.75) is 32.6 Å². The Morgan fingerprint density at radius 1 is 1.08 bits per heavy atom. The van der Waals surface area contributed by atoms with Crippen LogP contribution in [0.15, 0.2) is 32.0 Å². The van der Waals surface area contributed by atoms with Crippen molar-refractivity contribution in [1.29, 1.82) is 0 Å². The van der Waals surface area contributed by atoms with E-state index < -0.39 is 5.91 Å². The van der Waals surface area contributed by atoms with Crippen molar-refractivity contribution in [2.24, 2.45) is 0 Å². The van der Waals surface area contributed by atoms with Crippen LogP contribution in [-0.2, 0) is 4.79 Å². The van der Waals surface area contributed by atoms with Crippen LogP contribution in [0.3, 0.4) is 0 Å². The summed E-state index contributed by atoms with van der Waals surface area (Å²) in [6, 6.07) is 5.70. The monoisotopic (exact) mass is 410 g/mol. The normalized spacial score (nSPS) is 10.5. The maximum absolute atomic E-state index is 12.0. The quantitative estimate of drug-likeness (QED) is 0.593. The first-order valence-electron chi connectivity index (χ1n) is 7.33. The summed E-state index contributed by atoms with van der Waals surface area (Å²) in [6.45, 7) is 7.47. The highest BCUT2D eigenvalue weighted by atomic mass is 79.9. The average molecular weight is 411 g/mol. The van der Waals surface area contributed by atoms with E-state index in [0.717, 1.165) is 20.5 Å². The Hall–Kier alpha value is -1.73. The van der Waals surface area contributed by atoms with Gasteiger partial charge in [-0.05, 0) is 57.0 Å². The van der Waals surface area contributed by atoms with Crippen molar-refractivity contribution in [2.75, 3.05) is 5.75 Å². The molecule has 1 aromatic heterocycles. The molecule has 2 N–H and O–H groups in total. The Kier molecular flexibility index (Phi) is 6.12. The summed E-state index contributed by atoms with van der Waals surface area (Å²) >= 11 is 4.92. The van der Waals surface area contributed by atoms with E-state index in [9.17, 15) is 9.59 Å². The van der Waals surface area contributed by atoms with Gasteiger partial charge in [-0.1, -0.05) is 15.9 Å². The fourth-order valence-electron chi connectivity index (χ4n) is 2.14. The van der Waals surface area contributed by atoms with Gasteiger partial charge in [-0.15, -0.1) is 11.8 Å². The number of carbonyl (C=O) groups excluding carboxylic acids is 2. The summed E-state index contributed by atoms with van der Waals surface area (Å²) in [5.74, 6) is 0.728. The molecule has 1 heterocycles. The van der Waals surface area contributed by atoms with Gasteiger partial charge in [-0.25, -0.2) is 0 Å². The number of furan rings is 1. The van der Waals surface area contributed by atoms with E-state index >= 15 is 0 Å². The molecule has 7 heteroatoms. The second kappa shape index (κ2) is 7.90. The molecule has 128 valence electrons. The third-order valence-electron chi connectivity index (χ3n) is 3.42. The van der Waals surface area contributed by atoms with Gasteiger partial charge in [0.05, 0.1) is 11.3 Å². The van der Waals surface area contributed by atoms with E-state index in [0.29, 0.717) is 17.1 Å². The Labute approximate surface area is 153 Å². The Morgan fingerprint density at radius 3 is 2.42 bits per heavy atom. The Morgan fingerprint density at radius 2 is 1.79 bits per heavy atom. The highest BCUT2D eigenvalue weighted by molar-refractivity contribution is 9.10. The summed E-state index contributed by atoms with van der Waals surface area (Å²) in [6.07, 6.45) is 0. The van der Waals surface area contributed by atoms with Crippen LogP contribution >= 0.6 is 27.7 Å². The van der Waals surface area contributed by atoms with Crippen LogP contribution in [0.1, 0.15) is 33.0 Å². The van der Waals surface area contributed by atoms with E-state index in [1.54, 1.807) is 19.9 Å². The highest BCUT2D eigenvalue weighted by Gasteiger charge is 2.14. The van der Waals surface area contributed by atoms with Crippen molar-refractivity contribution in [3.05, 3.63) is 50.9 Å². The smallest absolute Gasteiger partial charge is 0.273 e. The van der Waals surface area contributed by atoms with E-state index in [1.807, 2.05) is 26.0 Å². The number of nitrogens with one attached hydrogen (secondary N) is 2. The molecule has 0 atom stereocenters. The van der Waals surface area contributed by atoms with Crippen LogP contribution in [0, 0.1) is 27.7 Å². The topological polar surface area (TPSA) is 71.3 Å². The maximum atomic E-state index is 12.0. The molecule has 0 saturated heterocycles. The molecule has 0 aliphatic carbocycles. The lowest BCUT2D eigenvalue weighted by Crippen LogP contribution is -2.42. The predicted molar refractivity (Wildman–Crippen MR) is 98.1 cm³/mol. The molecule has 2 aromatic rings. The van der Waals surface area contributed by atoms with Gasteiger partial charge >= 0.3 is 0 Å². The summed E-state index contributed by atoms with van der Waals surface area (Å²) in [7, 11) is 0. The third-order valence-corrected chi connectivity index (χ3v) is 5.43. The van der Waals surface area contributed by atoms with Crippen LogP contribution in [-0.4, -0.2) is 17.6 Å². The van der Waals surface area contributed by atoms with E-state index in [1.165, 1.54) is 11.8 Å². The number of hydrogen-bond acceptors (Lipinski definition) is 4. The maximum Gasteiger partial charge on any atom is 0.273 e. The lowest BCUT2D eigenvalue weighted by atomic mass is 10.2. The summed E-state index contributed by atoms with van der Waals surface area (Å²) in [5.41, 5.74) is 7.45. The number of rotatable bonds is 4. The lowest BCUT2D eigenvalue weighted by Gasteiger charge is -2.09. The number of carbonyl (C=O) groups is 2. The Bertz CT molecular complexity index is 786. The van der Waals surface area contributed by atoms with E-state index in [-0.39, 0.29) is 11.7 Å². The van der Waals surface area contributed by atoms with E-state index in [4.69, 9.17) is 4.42 Å². The molecule has 0 bridgehead atoms. The molecule has 0 radical (unpaired) electrons. The second-order valence-corrected chi connectivity index (χ2v) is 7.36. The fourth-order valence-corrected chi connectivity index (χ4v) is 3.50. The molecule has 0 aliphatic heterocycles. The lowest BCUT2D eigenvalue weighted by molar-refractivity contribution is -0.119. The van der Waals surface area contributed by atoms with Crippen molar-refractivity contribution >= 4 is 39.5 Å². The molecule has 2 amide bonds. The zero-order chi connectivity index (χ0) is 17.9. The minimum Gasteiger partial charge on any atom is -0.466 e. The van der Waals surface area contributed by atoms with Crippen LogP contribution in [0.25, 0.3) is 0 Å². The van der Waals surface area contributed by atoms with Gasteiger partial charge in [0.2, 0.25) is 5.91 Å². The van der Waals surface area contributed by atoms with Crippen molar-refractivity contribution in [3.8, 4) is 0 Å². The number of hydrazine groups is 1. The van der Waals surface area contributed by atoms with E-state index in [2.05, 4.69) is 26.8 Å². The van der Waals surface area contributed by atoms with Gasteiger partial charge in [-0.3, -0.25) is 20.4 Å². The van der Waals surface area contributed by atoms with Crippen LogP contribution in [0.2, 0.25) is 0 Å². The minimum atomic E-state index is -0.390. The van der Waals surface area contributed by atoms with Crippen molar-refractivity contribution in [3.63, 3.8) is 0 Å². The number of benzene rings is 1. The zero-order valence-corrected chi connectivity index (χ0v) is 16.4. The molecule has 0 fully saturated rings. The summed E-state index contributed by atoms with van der Waals surface area (Å²) < 4.78 is 6.35. The van der Waals surface area contributed by atoms with Gasteiger partial charge in [-0.2, -0.15) is 0 Å². The molecule has 0 aliphatic rings. The van der Waals surface area contributed by atoms with Crippen LogP contribution in [0.5, 0.6) is 0 Å². The molecule has 0 unspecified atom stereocenters. The summed E-state index contributed by atoms with van der Waals surface area (Å²) in [4.78, 5) is 25.0. The summed E-state index contributed by atoms with van der Waals surface area (Å²) in [5, 5.41) is 0. The van der Waals surface area contributed by atoms with Gasteiger partial charge < -0.3 is 4.42 Å². The number of halogens is 1. The first-order valence-corrected chi connectivity index (χ1v) is 9.11. The molecule has 0 saturated carbocycles. The number of aryl methyl sites for hydroxylation is 4. The zero-order valence-electron chi connectivity index (χ0n) is 14.0. The van der Waals surface area contributed by atoms with Crippen molar-refractivity contribution in [1.82, 2.24) is 10.9 Å². The molecule has 0 spiro atoms. The second-order valence-electron chi connectivity index (χ2n) is 5.48. The van der Waals surface area contributed by atoms with Gasteiger partial charge in [0.1, 0.15) is 11.5 Å². The molecule has 5 nitrogen and oxygen atoms in total. The van der Waals surface area contributed by atoms with Crippen molar-refractivity contribution < 1.29 is 14.0 Å². The number of hydrogen-bond donors (Lipinski definition) is 2. The first-order chi connectivity index (χ1) is 11.3. The van der Waals surface area contributed by atoms with Crippen LogP contribution in [0.4, 0.5) is 0 Å². The highest BCUT2D eigenvalue weighted by Crippen LogP contribution is 2.28.